The number of hydrogen-bond acceptors (Lipinski definition) is 3. The largest absolute Gasteiger partial charge is 0.477 e. The van der Waals surface area contributed by atoms with Gasteiger partial charge in [-0.3, -0.25) is 4.68 Å². The molecule has 2 aromatic rings. The van der Waals surface area contributed by atoms with Gasteiger partial charge in [-0.15, -0.1) is 0 Å². The minimum atomic E-state index is -1.01. The third-order valence-electron chi connectivity index (χ3n) is 2.59. The second-order valence-corrected chi connectivity index (χ2v) is 3.73. The first-order valence-corrected chi connectivity index (χ1v) is 5.47. The van der Waals surface area contributed by atoms with Crippen LogP contribution in [0.5, 0.6) is 0 Å². The van der Waals surface area contributed by atoms with Crippen LogP contribution in [0.25, 0.3) is 11.3 Å². The van der Waals surface area contributed by atoms with E-state index in [-0.39, 0.29) is 5.69 Å². The van der Waals surface area contributed by atoms with E-state index in [1.165, 1.54) is 10.7 Å². The van der Waals surface area contributed by atoms with Crippen LogP contribution in [0, 0.1) is 11.3 Å². The van der Waals surface area contributed by atoms with Gasteiger partial charge in [0.05, 0.1) is 17.3 Å². The average Bonchev–Trinajstić information content (AvgIpc) is 2.83. The highest BCUT2D eigenvalue weighted by molar-refractivity contribution is 5.87. The number of nitriles is 1. The summed E-state index contributed by atoms with van der Waals surface area (Å²) in [6.45, 7) is 2.31. The molecule has 0 aliphatic heterocycles. The zero-order valence-electron chi connectivity index (χ0n) is 9.79. The van der Waals surface area contributed by atoms with Crippen molar-refractivity contribution in [2.24, 2.45) is 0 Å². The fourth-order valence-electron chi connectivity index (χ4n) is 1.72. The number of carbonyl (C=O) groups is 1. The SMILES string of the molecule is CCn1nc(-c2cccc(C#N)c2)cc1C(=O)O. The molecular weight excluding hydrogens is 230 g/mol. The summed E-state index contributed by atoms with van der Waals surface area (Å²) in [6.07, 6.45) is 0. The molecule has 5 heteroatoms. The molecule has 5 nitrogen and oxygen atoms in total. The van der Waals surface area contributed by atoms with Crippen LogP contribution in [0.1, 0.15) is 23.0 Å². The summed E-state index contributed by atoms with van der Waals surface area (Å²) in [5.41, 5.74) is 1.97. The summed E-state index contributed by atoms with van der Waals surface area (Å²) < 4.78 is 1.43. The molecule has 0 aliphatic carbocycles. The predicted octanol–water partition coefficient (Wildman–Crippen LogP) is 2.14. The normalized spacial score (nSPS) is 10.0. The Balaban J connectivity index is 2.51. The molecule has 1 aromatic carbocycles. The monoisotopic (exact) mass is 241 g/mol. The minimum Gasteiger partial charge on any atom is -0.477 e. The lowest BCUT2D eigenvalue weighted by Crippen LogP contribution is -2.07. The molecule has 18 heavy (non-hydrogen) atoms. The first-order valence-electron chi connectivity index (χ1n) is 5.47. The zero-order chi connectivity index (χ0) is 13.1. The van der Waals surface area contributed by atoms with Gasteiger partial charge in [-0.05, 0) is 25.1 Å². The van der Waals surface area contributed by atoms with Crippen LogP contribution in [0.4, 0.5) is 0 Å². The molecule has 1 aromatic heterocycles. The molecule has 1 N–H and O–H groups in total. The lowest BCUT2D eigenvalue weighted by molar-refractivity contribution is 0.0683. The van der Waals surface area contributed by atoms with Crippen molar-refractivity contribution in [1.82, 2.24) is 9.78 Å². The van der Waals surface area contributed by atoms with Crippen LogP contribution in [0.3, 0.4) is 0 Å². The molecule has 0 saturated carbocycles. The highest BCUT2D eigenvalue weighted by atomic mass is 16.4. The molecule has 0 bridgehead atoms. The highest BCUT2D eigenvalue weighted by Gasteiger charge is 2.14. The summed E-state index contributed by atoms with van der Waals surface area (Å²) in [5, 5.41) is 22.1. The number of carboxylic acid groups (broad SMARTS) is 1. The van der Waals surface area contributed by atoms with Gasteiger partial charge in [0.2, 0.25) is 0 Å². The molecule has 0 atom stereocenters. The Bertz CT molecular complexity index is 638. The molecular formula is C13H11N3O2. The Kier molecular flexibility index (Phi) is 3.11. The lowest BCUT2D eigenvalue weighted by atomic mass is 10.1. The van der Waals surface area contributed by atoms with Gasteiger partial charge in [-0.25, -0.2) is 4.79 Å². The second-order valence-electron chi connectivity index (χ2n) is 3.73. The molecule has 0 saturated heterocycles. The van der Waals surface area contributed by atoms with E-state index in [1.54, 1.807) is 24.3 Å². The van der Waals surface area contributed by atoms with E-state index >= 15 is 0 Å². The van der Waals surface area contributed by atoms with Crippen molar-refractivity contribution in [3.8, 4) is 17.3 Å². The number of nitrogens with zero attached hydrogens (tertiary/aromatic N) is 3. The second kappa shape index (κ2) is 4.72. The van der Waals surface area contributed by atoms with Crippen molar-refractivity contribution in [2.45, 2.75) is 13.5 Å². The highest BCUT2D eigenvalue weighted by Crippen LogP contribution is 2.20. The fraction of sp³-hybridized carbons (Fsp3) is 0.154. The van der Waals surface area contributed by atoms with Crippen LogP contribution in [0.2, 0.25) is 0 Å². The summed E-state index contributed by atoms with van der Waals surface area (Å²) in [5.74, 6) is -1.01. The van der Waals surface area contributed by atoms with Crippen molar-refractivity contribution in [3.05, 3.63) is 41.6 Å². The van der Waals surface area contributed by atoms with Gasteiger partial charge >= 0.3 is 5.97 Å². The molecule has 90 valence electrons. The minimum absolute atomic E-state index is 0.148. The number of aryl methyl sites for hydroxylation is 1. The number of aromatic carboxylic acids is 1. The van der Waals surface area contributed by atoms with Crippen molar-refractivity contribution < 1.29 is 9.90 Å². The lowest BCUT2D eigenvalue weighted by Gasteiger charge is -1.98. The van der Waals surface area contributed by atoms with E-state index < -0.39 is 5.97 Å². The van der Waals surface area contributed by atoms with Gasteiger partial charge in [0.25, 0.3) is 0 Å². The number of aromatic nitrogens is 2. The molecule has 0 unspecified atom stereocenters. The number of hydrogen-bond donors (Lipinski definition) is 1. The van der Waals surface area contributed by atoms with Crippen molar-refractivity contribution >= 4 is 5.97 Å². The van der Waals surface area contributed by atoms with Crippen LogP contribution in [-0.2, 0) is 6.54 Å². The summed E-state index contributed by atoms with van der Waals surface area (Å²) in [4.78, 5) is 11.0. The van der Waals surface area contributed by atoms with Gasteiger partial charge in [-0.1, -0.05) is 12.1 Å². The van der Waals surface area contributed by atoms with Gasteiger partial charge in [0.15, 0.2) is 0 Å². The standard InChI is InChI=1S/C13H11N3O2/c1-2-16-12(13(17)18)7-11(15-16)10-5-3-4-9(6-10)8-14/h3-7H,2H2,1H3,(H,17,18). The van der Waals surface area contributed by atoms with Gasteiger partial charge in [0.1, 0.15) is 5.69 Å². The topological polar surface area (TPSA) is 78.9 Å². The van der Waals surface area contributed by atoms with E-state index in [0.717, 1.165) is 5.56 Å². The summed E-state index contributed by atoms with van der Waals surface area (Å²) in [6, 6.07) is 10.5. The smallest absolute Gasteiger partial charge is 0.354 e. The summed E-state index contributed by atoms with van der Waals surface area (Å²) in [7, 11) is 0. The molecule has 0 fully saturated rings. The molecule has 1 heterocycles. The Labute approximate surface area is 104 Å². The van der Waals surface area contributed by atoms with Gasteiger partial charge < -0.3 is 5.11 Å². The number of rotatable bonds is 3. The third-order valence-corrected chi connectivity index (χ3v) is 2.59. The Morgan fingerprint density at radius 3 is 2.83 bits per heavy atom. The molecule has 0 radical (unpaired) electrons. The summed E-state index contributed by atoms with van der Waals surface area (Å²) >= 11 is 0. The first kappa shape index (κ1) is 11.9. The maximum atomic E-state index is 11.0. The Morgan fingerprint density at radius 1 is 1.50 bits per heavy atom. The molecule has 0 aliphatic rings. The third kappa shape index (κ3) is 2.09. The molecule has 2 rings (SSSR count). The van der Waals surface area contributed by atoms with Gasteiger partial charge in [0, 0.05) is 12.1 Å². The first-order chi connectivity index (χ1) is 8.65. The van der Waals surface area contributed by atoms with Crippen molar-refractivity contribution in [3.63, 3.8) is 0 Å². The Morgan fingerprint density at radius 2 is 2.28 bits per heavy atom. The van der Waals surface area contributed by atoms with Crippen LogP contribution < -0.4 is 0 Å². The predicted molar refractivity (Wildman–Crippen MR) is 65.0 cm³/mol. The maximum absolute atomic E-state index is 11.0. The molecule has 0 spiro atoms. The maximum Gasteiger partial charge on any atom is 0.354 e. The van der Waals surface area contributed by atoms with E-state index in [0.29, 0.717) is 17.8 Å². The zero-order valence-corrected chi connectivity index (χ0v) is 9.79. The number of benzene rings is 1. The van der Waals surface area contributed by atoms with Crippen LogP contribution >= 0.6 is 0 Å². The fourth-order valence-corrected chi connectivity index (χ4v) is 1.72. The molecule has 0 amide bonds. The van der Waals surface area contributed by atoms with Crippen LogP contribution in [-0.4, -0.2) is 20.9 Å². The van der Waals surface area contributed by atoms with E-state index in [1.807, 2.05) is 13.0 Å². The van der Waals surface area contributed by atoms with E-state index in [2.05, 4.69) is 5.10 Å². The Hall–Kier alpha value is -2.61. The van der Waals surface area contributed by atoms with Crippen LogP contribution in [0.15, 0.2) is 30.3 Å². The van der Waals surface area contributed by atoms with E-state index in [4.69, 9.17) is 10.4 Å². The van der Waals surface area contributed by atoms with Gasteiger partial charge in [-0.2, -0.15) is 10.4 Å². The quantitative estimate of drug-likeness (QED) is 0.892. The average molecular weight is 241 g/mol. The van der Waals surface area contributed by atoms with E-state index in [9.17, 15) is 4.79 Å². The van der Waals surface area contributed by atoms with Crippen molar-refractivity contribution in [2.75, 3.05) is 0 Å². The number of carboxylic acids is 1. The van der Waals surface area contributed by atoms with Crippen molar-refractivity contribution in [1.29, 1.82) is 5.26 Å².